The zero-order valence-electron chi connectivity index (χ0n) is 11.5. The van der Waals surface area contributed by atoms with E-state index in [0.29, 0.717) is 23.0 Å². The predicted octanol–water partition coefficient (Wildman–Crippen LogP) is 0.339. The number of rotatable bonds is 4. The minimum Gasteiger partial charge on any atom is -0.324 e. The molecule has 0 aromatic carbocycles. The third-order valence-corrected chi connectivity index (χ3v) is 4.97. The van der Waals surface area contributed by atoms with E-state index in [4.69, 9.17) is 5.73 Å². The highest BCUT2D eigenvalue weighted by Gasteiger charge is 2.11. The van der Waals surface area contributed by atoms with Gasteiger partial charge in [0.05, 0.1) is 12.3 Å². The third kappa shape index (κ3) is 2.69. The molecule has 2 N–H and O–H groups in total. The predicted molar refractivity (Wildman–Crippen MR) is 80.3 cm³/mol. The van der Waals surface area contributed by atoms with Gasteiger partial charge in [0.15, 0.2) is 5.16 Å². The molecule has 0 aliphatic heterocycles. The Morgan fingerprint density at radius 3 is 2.95 bits per heavy atom. The molecule has 0 radical (unpaired) electrons. The van der Waals surface area contributed by atoms with Crippen LogP contribution in [0.25, 0.3) is 4.96 Å². The van der Waals surface area contributed by atoms with Gasteiger partial charge in [0.2, 0.25) is 4.96 Å². The largest absolute Gasteiger partial charge is 0.324 e. The van der Waals surface area contributed by atoms with Gasteiger partial charge in [-0.15, -0.1) is 10.2 Å². The average Bonchev–Trinajstić information content (AvgIpc) is 3.00. The summed E-state index contributed by atoms with van der Waals surface area (Å²) >= 11 is 2.90. The van der Waals surface area contributed by atoms with Crippen LogP contribution in [0.5, 0.6) is 0 Å². The molecule has 3 aromatic heterocycles. The van der Waals surface area contributed by atoms with E-state index in [2.05, 4.69) is 20.3 Å². The normalized spacial score (nSPS) is 11.4. The van der Waals surface area contributed by atoms with E-state index in [1.807, 2.05) is 11.6 Å². The smallest absolute Gasteiger partial charge is 0.275 e. The van der Waals surface area contributed by atoms with Crippen molar-refractivity contribution < 1.29 is 0 Å². The van der Waals surface area contributed by atoms with Crippen LogP contribution >= 0.6 is 23.1 Å². The molecule has 0 unspecified atom stereocenters. The molecule has 0 amide bonds. The fourth-order valence-corrected chi connectivity index (χ4v) is 3.65. The molecule has 0 aliphatic rings. The lowest BCUT2D eigenvalue weighted by Gasteiger charge is -1.99. The van der Waals surface area contributed by atoms with Gasteiger partial charge in [-0.05, 0) is 6.92 Å². The van der Waals surface area contributed by atoms with Crippen LogP contribution in [0.4, 0.5) is 0 Å². The van der Waals surface area contributed by atoms with Gasteiger partial charge in [-0.3, -0.25) is 4.79 Å². The van der Waals surface area contributed by atoms with E-state index in [9.17, 15) is 4.79 Å². The molecular weight excluding hydrogens is 310 g/mol. The van der Waals surface area contributed by atoms with Gasteiger partial charge < -0.3 is 10.3 Å². The van der Waals surface area contributed by atoms with E-state index in [1.165, 1.54) is 33.7 Å². The minimum atomic E-state index is -0.158. The second-order valence-electron chi connectivity index (χ2n) is 4.38. The third-order valence-electron chi connectivity index (χ3n) is 2.85. The molecule has 0 saturated heterocycles. The number of hydrogen-bond donors (Lipinski definition) is 1. The molecule has 21 heavy (non-hydrogen) atoms. The molecule has 0 saturated carbocycles. The maximum absolute atomic E-state index is 11.8. The van der Waals surface area contributed by atoms with Crippen LogP contribution in [-0.4, -0.2) is 29.4 Å². The summed E-state index contributed by atoms with van der Waals surface area (Å²) in [6.07, 6.45) is 0. The molecule has 10 heteroatoms. The molecule has 3 heterocycles. The Morgan fingerprint density at radius 1 is 1.43 bits per heavy atom. The number of thioether (sulfide) groups is 1. The Morgan fingerprint density at radius 2 is 2.24 bits per heavy atom. The SMILES string of the molecule is Cc1cc(=O)n2nc(CSc3nnc(CN)n3C)sc2n1. The maximum atomic E-state index is 11.8. The van der Waals surface area contributed by atoms with Crippen LogP contribution in [0.15, 0.2) is 16.0 Å². The Kier molecular flexibility index (Phi) is 3.74. The molecule has 0 atom stereocenters. The first-order chi connectivity index (χ1) is 10.1. The van der Waals surface area contributed by atoms with Crippen LogP contribution < -0.4 is 11.3 Å². The van der Waals surface area contributed by atoms with Crippen molar-refractivity contribution in [3.05, 3.63) is 32.9 Å². The summed E-state index contributed by atoms with van der Waals surface area (Å²) in [5.41, 5.74) is 6.10. The van der Waals surface area contributed by atoms with E-state index in [0.717, 1.165) is 16.0 Å². The van der Waals surface area contributed by atoms with Gasteiger partial charge in [-0.2, -0.15) is 9.61 Å². The van der Waals surface area contributed by atoms with Gasteiger partial charge in [-0.25, -0.2) is 4.98 Å². The summed E-state index contributed by atoms with van der Waals surface area (Å²) in [6.45, 7) is 2.15. The van der Waals surface area contributed by atoms with Gasteiger partial charge in [0.25, 0.3) is 5.56 Å². The molecule has 0 bridgehead atoms. The zero-order chi connectivity index (χ0) is 15.0. The van der Waals surface area contributed by atoms with Crippen molar-refractivity contribution in [1.29, 1.82) is 0 Å². The van der Waals surface area contributed by atoms with Gasteiger partial charge in [0, 0.05) is 18.8 Å². The van der Waals surface area contributed by atoms with E-state index >= 15 is 0 Å². The van der Waals surface area contributed by atoms with Crippen molar-refractivity contribution in [2.45, 2.75) is 24.4 Å². The van der Waals surface area contributed by atoms with Crippen molar-refractivity contribution in [3.8, 4) is 0 Å². The number of nitrogens with zero attached hydrogens (tertiary/aromatic N) is 6. The molecule has 0 fully saturated rings. The fraction of sp³-hybridized carbons (Fsp3) is 0.364. The fourth-order valence-electron chi connectivity index (χ4n) is 1.79. The summed E-state index contributed by atoms with van der Waals surface area (Å²) in [5.74, 6) is 1.33. The summed E-state index contributed by atoms with van der Waals surface area (Å²) in [7, 11) is 1.87. The highest BCUT2D eigenvalue weighted by molar-refractivity contribution is 7.98. The summed E-state index contributed by atoms with van der Waals surface area (Å²) in [4.78, 5) is 16.7. The van der Waals surface area contributed by atoms with Crippen LogP contribution in [0.2, 0.25) is 0 Å². The Balaban J connectivity index is 1.83. The standard InChI is InChI=1S/C11H13N7OS2/c1-6-3-9(19)18-10(13-6)21-8(16-18)5-20-11-15-14-7(4-12)17(11)2/h3H,4-5,12H2,1-2H3. The number of aromatic nitrogens is 6. The van der Waals surface area contributed by atoms with Crippen molar-refractivity contribution in [1.82, 2.24) is 29.4 Å². The van der Waals surface area contributed by atoms with Crippen molar-refractivity contribution in [3.63, 3.8) is 0 Å². The first-order valence-electron chi connectivity index (χ1n) is 6.16. The number of fused-ring (bicyclic) bond motifs is 1. The minimum absolute atomic E-state index is 0.158. The van der Waals surface area contributed by atoms with Gasteiger partial charge in [0.1, 0.15) is 10.8 Å². The van der Waals surface area contributed by atoms with E-state index in [-0.39, 0.29) is 5.56 Å². The van der Waals surface area contributed by atoms with Crippen molar-refractivity contribution in [2.75, 3.05) is 0 Å². The highest BCUT2D eigenvalue weighted by Crippen LogP contribution is 2.23. The molecule has 110 valence electrons. The molecule has 3 aromatic rings. The lowest BCUT2D eigenvalue weighted by Crippen LogP contribution is -2.14. The molecule has 8 nitrogen and oxygen atoms in total. The number of aryl methyl sites for hydroxylation is 1. The molecular formula is C11H13N7OS2. The summed E-state index contributed by atoms with van der Waals surface area (Å²) < 4.78 is 3.18. The summed E-state index contributed by atoms with van der Waals surface area (Å²) in [5, 5.41) is 13.9. The van der Waals surface area contributed by atoms with Crippen molar-refractivity contribution in [2.24, 2.45) is 12.8 Å². The Labute approximate surface area is 128 Å². The van der Waals surface area contributed by atoms with Crippen molar-refractivity contribution >= 4 is 28.1 Å². The molecule has 0 aliphatic carbocycles. The summed E-state index contributed by atoms with van der Waals surface area (Å²) in [6, 6.07) is 1.47. The number of nitrogens with two attached hydrogens (primary N) is 1. The van der Waals surface area contributed by atoms with E-state index in [1.54, 1.807) is 6.92 Å². The Hall–Kier alpha value is -1.78. The Bertz CT molecular complexity index is 850. The quantitative estimate of drug-likeness (QED) is 0.690. The lowest BCUT2D eigenvalue weighted by molar-refractivity contribution is 0.734. The molecule has 0 spiro atoms. The first-order valence-corrected chi connectivity index (χ1v) is 7.96. The number of hydrogen-bond acceptors (Lipinski definition) is 8. The van der Waals surface area contributed by atoms with E-state index < -0.39 is 0 Å². The monoisotopic (exact) mass is 323 g/mol. The van der Waals surface area contributed by atoms with Crippen LogP contribution in [0, 0.1) is 6.92 Å². The second-order valence-corrected chi connectivity index (χ2v) is 6.36. The topological polar surface area (TPSA) is 104 Å². The van der Waals surface area contributed by atoms with Gasteiger partial charge in [-0.1, -0.05) is 23.1 Å². The zero-order valence-corrected chi connectivity index (χ0v) is 13.1. The van der Waals surface area contributed by atoms with Gasteiger partial charge >= 0.3 is 0 Å². The average molecular weight is 323 g/mol. The second kappa shape index (κ2) is 5.54. The maximum Gasteiger partial charge on any atom is 0.275 e. The highest BCUT2D eigenvalue weighted by atomic mass is 32.2. The van der Waals surface area contributed by atoms with Crippen LogP contribution in [-0.2, 0) is 19.3 Å². The molecule has 3 rings (SSSR count). The lowest BCUT2D eigenvalue weighted by atomic mass is 10.5. The van der Waals surface area contributed by atoms with Crippen LogP contribution in [0.3, 0.4) is 0 Å². The van der Waals surface area contributed by atoms with Crippen LogP contribution in [0.1, 0.15) is 16.5 Å². The first kappa shape index (κ1) is 14.2.